The highest BCUT2D eigenvalue weighted by Crippen LogP contribution is 2.40. The molecule has 0 aromatic carbocycles. The number of imidazole rings is 1. The van der Waals surface area contributed by atoms with Gasteiger partial charge in [-0.15, -0.1) is 0 Å². The Morgan fingerprint density at radius 2 is 2.03 bits per heavy atom. The zero-order chi connectivity index (χ0) is 21.1. The van der Waals surface area contributed by atoms with Crippen molar-refractivity contribution in [3.05, 3.63) is 30.0 Å². The molecule has 1 aliphatic carbocycles. The van der Waals surface area contributed by atoms with Gasteiger partial charge in [-0.05, 0) is 25.8 Å². The van der Waals surface area contributed by atoms with Crippen LogP contribution in [-0.4, -0.2) is 50.8 Å². The summed E-state index contributed by atoms with van der Waals surface area (Å²) in [5, 5.41) is 11.3. The monoisotopic (exact) mass is 413 g/mol. The number of methoxy groups -OCH3 is 1. The Balaban J connectivity index is 0.00000106. The van der Waals surface area contributed by atoms with Gasteiger partial charge in [0.25, 0.3) is 0 Å². The zero-order valence-electron chi connectivity index (χ0n) is 17.7. The zero-order valence-corrected chi connectivity index (χ0v) is 17.7. The molecule has 9 heteroatoms. The molecule has 0 amide bonds. The van der Waals surface area contributed by atoms with Crippen LogP contribution in [0, 0.1) is 5.82 Å². The average molecular weight is 414 g/mol. The van der Waals surface area contributed by atoms with Gasteiger partial charge in [0.1, 0.15) is 22.8 Å². The second kappa shape index (κ2) is 8.91. The van der Waals surface area contributed by atoms with E-state index in [2.05, 4.69) is 25.6 Å². The topological polar surface area (TPSA) is 89.3 Å². The van der Waals surface area contributed by atoms with Crippen LogP contribution in [0.3, 0.4) is 0 Å². The summed E-state index contributed by atoms with van der Waals surface area (Å²) < 4.78 is 21.8. The SMILES string of the molecule is CC.COc1cc2ncc(-c3nc(NC4CCNC4)ncc3F)n2nc1C1CCC1. The van der Waals surface area contributed by atoms with Crippen molar-refractivity contribution in [2.75, 3.05) is 25.5 Å². The quantitative estimate of drug-likeness (QED) is 0.663. The van der Waals surface area contributed by atoms with Crippen molar-refractivity contribution in [3.8, 4) is 17.1 Å². The lowest BCUT2D eigenvalue weighted by molar-refractivity contribution is 0.362. The second-order valence-electron chi connectivity index (χ2n) is 7.36. The molecule has 1 atom stereocenters. The van der Waals surface area contributed by atoms with Crippen molar-refractivity contribution in [1.29, 1.82) is 0 Å². The third-order valence-electron chi connectivity index (χ3n) is 5.58. The smallest absolute Gasteiger partial charge is 0.223 e. The van der Waals surface area contributed by atoms with Crippen LogP contribution in [0.5, 0.6) is 5.75 Å². The number of aromatic nitrogens is 5. The molecule has 0 bridgehead atoms. The van der Waals surface area contributed by atoms with Crippen LogP contribution >= 0.6 is 0 Å². The van der Waals surface area contributed by atoms with Gasteiger partial charge in [-0.25, -0.2) is 23.9 Å². The molecular formula is C21H28FN7O. The van der Waals surface area contributed by atoms with Gasteiger partial charge in [0.15, 0.2) is 11.5 Å². The highest BCUT2D eigenvalue weighted by atomic mass is 19.1. The van der Waals surface area contributed by atoms with E-state index in [-0.39, 0.29) is 11.7 Å². The van der Waals surface area contributed by atoms with E-state index in [4.69, 9.17) is 9.84 Å². The number of halogens is 1. The first kappa shape index (κ1) is 20.5. The molecule has 8 nitrogen and oxygen atoms in total. The van der Waals surface area contributed by atoms with E-state index < -0.39 is 5.82 Å². The molecule has 160 valence electrons. The molecule has 5 rings (SSSR count). The van der Waals surface area contributed by atoms with E-state index in [9.17, 15) is 4.39 Å². The van der Waals surface area contributed by atoms with Crippen LogP contribution < -0.4 is 15.4 Å². The summed E-state index contributed by atoms with van der Waals surface area (Å²) in [7, 11) is 1.64. The van der Waals surface area contributed by atoms with E-state index >= 15 is 0 Å². The van der Waals surface area contributed by atoms with Gasteiger partial charge in [-0.1, -0.05) is 20.3 Å². The minimum atomic E-state index is -0.500. The second-order valence-corrected chi connectivity index (χ2v) is 7.36. The molecule has 4 heterocycles. The number of nitrogens with zero attached hydrogens (tertiary/aromatic N) is 5. The van der Waals surface area contributed by atoms with E-state index in [0.717, 1.165) is 43.8 Å². The fraction of sp³-hybridized carbons (Fsp3) is 0.524. The third-order valence-corrected chi connectivity index (χ3v) is 5.58. The van der Waals surface area contributed by atoms with Gasteiger partial charge in [0.2, 0.25) is 5.95 Å². The lowest BCUT2D eigenvalue weighted by atomic mass is 9.82. The molecule has 1 saturated heterocycles. The first-order valence-corrected chi connectivity index (χ1v) is 10.7. The van der Waals surface area contributed by atoms with Crippen molar-refractivity contribution >= 4 is 11.6 Å². The van der Waals surface area contributed by atoms with Crippen LogP contribution in [0.25, 0.3) is 17.0 Å². The predicted octanol–water partition coefficient (Wildman–Crippen LogP) is 3.40. The molecule has 1 saturated carbocycles. The third kappa shape index (κ3) is 3.81. The van der Waals surface area contributed by atoms with Crippen LogP contribution in [0.15, 0.2) is 18.5 Å². The first-order valence-electron chi connectivity index (χ1n) is 10.7. The number of fused-ring (bicyclic) bond motifs is 1. The highest BCUT2D eigenvalue weighted by Gasteiger charge is 2.27. The van der Waals surface area contributed by atoms with Crippen LogP contribution in [0.4, 0.5) is 10.3 Å². The van der Waals surface area contributed by atoms with Gasteiger partial charge in [-0.3, -0.25) is 0 Å². The van der Waals surface area contributed by atoms with Gasteiger partial charge in [-0.2, -0.15) is 5.10 Å². The van der Waals surface area contributed by atoms with E-state index in [1.54, 1.807) is 17.8 Å². The van der Waals surface area contributed by atoms with Crippen molar-refractivity contribution < 1.29 is 9.13 Å². The average Bonchev–Trinajstić information content (AvgIpc) is 3.39. The summed E-state index contributed by atoms with van der Waals surface area (Å²) in [6.45, 7) is 5.80. The fourth-order valence-corrected chi connectivity index (χ4v) is 3.78. The summed E-state index contributed by atoms with van der Waals surface area (Å²) in [5.41, 5.74) is 2.19. The fourth-order valence-electron chi connectivity index (χ4n) is 3.78. The Hall–Kier alpha value is -2.81. The number of nitrogens with one attached hydrogen (secondary N) is 2. The Bertz CT molecular complexity index is 1010. The molecular weight excluding hydrogens is 385 g/mol. The molecule has 2 aliphatic rings. The molecule has 3 aromatic heterocycles. The predicted molar refractivity (Wildman–Crippen MR) is 113 cm³/mol. The van der Waals surface area contributed by atoms with E-state index in [1.807, 2.05) is 19.9 Å². The normalized spacial score (nSPS) is 18.6. The van der Waals surface area contributed by atoms with Gasteiger partial charge < -0.3 is 15.4 Å². The number of anilines is 1. The Kier molecular flexibility index (Phi) is 6.08. The highest BCUT2D eigenvalue weighted by molar-refractivity contribution is 5.62. The van der Waals surface area contributed by atoms with Crippen molar-refractivity contribution in [3.63, 3.8) is 0 Å². The number of ether oxygens (including phenoxy) is 1. The standard InChI is InChI=1S/C19H22FN7O.C2H6/c1-28-15-7-16-22-10-14(27(16)26-17(15)11-3-2-4-11)18-13(20)9-23-19(25-18)24-12-5-6-21-8-12;1-2/h7,9-12,21H,2-6,8H2,1H3,(H,23,24,25);1-2H3. The van der Waals surface area contributed by atoms with Gasteiger partial charge in [0.05, 0.1) is 19.5 Å². The summed E-state index contributed by atoms with van der Waals surface area (Å²) in [4.78, 5) is 12.9. The molecule has 2 N–H and O–H groups in total. The lowest BCUT2D eigenvalue weighted by Gasteiger charge is -2.26. The van der Waals surface area contributed by atoms with Crippen molar-refractivity contribution in [2.45, 2.75) is 51.5 Å². The van der Waals surface area contributed by atoms with E-state index in [0.29, 0.717) is 23.2 Å². The van der Waals surface area contributed by atoms with Crippen LogP contribution in [0.2, 0.25) is 0 Å². The summed E-state index contributed by atoms with van der Waals surface area (Å²) >= 11 is 0. The molecule has 30 heavy (non-hydrogen) atoms. The van der Waals surface area contributed by atoms with E-state index in [1.165, 1.54) is 12.6 Å². The summed E-state index contributed by atoms with van der Waals surface area (Å²) in [6.07, 6.45) is 7.14. The maximum Gasteiger partial charge on any atom is 0.223 e. The molecule has 0 radical (unpaired) electrons. The molecule has 3 aromatic rings. The van der Waals surface area contributed by atoms with Crippen molar-refractivity contribution in [1.82, 2.24) is 29.9 Å². The van der Waals surface area contributed by atoms with Crippen molar-refractivity contribution in [2.24, 2.45) is 0 Å². The molecule has 0 spiro atoms. The minimum absolute atomic E-state index is 0.188. The summed E-state index contributed by atoms with van der Waals surface area (Å²) in [5.74, 6) is 1.01. The summed E-state index contributed by atoms with van der Waals surface area (Å²) in [6, 6.07) is 2.10. The Morgan fingerprint density at radius 1 is 1.20 bits per heavy atom. The van der Waals surface area contributed by atoms with Crippen LogP contribution in [0.1, 0.15) is 51.1 Å². The molecule has 2 fully saturated rings. The molecule has 1 aliphatic heterocycles. The maximum atomic E-state index is 14.6. The largest absolute Gasteiger partial charge is 0.495 e. The first-order chi connectivity index (χ1) is 14.7. The molecule has 1 unspecified atom stereocenters. The van der Waals surface area contributed by atoms with Crippen LogP contribution in [-0.2, 0) is 0 Å². The Labute approximate surface area is 175 Å². The number of hydrogen-bond donors (Lipinski definition) is 2. The maximum absolute atomic E-state index is 14.6. The minimum Gasteiger partial charge on any atom is -0.495 e. The lowest BCUT2D eigenvalue weighted by Crippen LogP contribution is -2.23. The number of rotatable bonds is 5. The van der Waals surface area contributed by atoms with Gasteiger partial charge in [0, 0.05) is 24.6 Å². The van der Waals surface area contributed by atoms with Gasteiger partial charge >= 0.3 is 0 Å². The number of hydrogen-bond acceptors (Lipinski definition) is 7. The Morgan fingerprint density at radius 3 is 2.70 bits per heavy atom.